The highest BCUT2D eigenvalue weighted by Gasteiger charge is 2.38. The number of H-pyrrole nitrogens is 1. The van der Waals surface area contributed by atoms with Crippen molar-refractivity contribution in [2.24, 2.45) is 22.2 Å². The van der Waals surface area contributed by atoms with Gasteiger partial charge in [-0.15, -0.1) is 0 Å². The Morgan fingerprint density at radius 1 is 0.778 bits per heavy atom. The lowest BCUT2D eigenvalue weighted by Gasteiger charge is -2.26. The molecule has 0 saturated heterocycles. The van der Waals surface area contributed by atoms with Gasteiger partial charge in [0.15, 0.2) is 5.96 Å². The topological polar surface area (TPSA) is 317 Å². The van der Waals surface area contributed by atoms with Crippen LogP contribution in [0.15, 0.2) is 65.8 Å². The Kier molecular flexibility index (Phi) is 17.4. The summed E-state index contributed by atoms with van der Waals surface area (Å²) in [5, 5.41) is 37.5. The number of guanidine groups is 1. The first-order valence-corrected chi connectivity index (χ1v) is 16.1. The number of para-hydroxylation sites is 1. The van der Waals surface area contributed by atoms with Crippen LogP contribution in [0.1, 0.15) is 24.0 Å². The van der Waals surface area contributed by atoms with Gasteiger partial charge in [-0.05, 0) is 30.0 Å². The van der Waals surface area contributed by atoms with Crippen LogP contribution in [-0.2, 0) is 41.6 Å². The number of aliphatic hydroxyl groups is 1. The van der Waals surface area contributed by atoms with Gasteiger partial charge < -0.3 is 58.8 Å². The van der Waals surface area contributed by atoms with Gasteiger partial charge in [-0.3, -0.25) is 24.2 Å². The number of hydrogen-bond acceptors (Lipinski definition) is 9. The van der Waals surface area contributed by atoms with Gasteiger partial charge in [0, 0.05) is 36.5 Å². The number of aromatic amines is 1. The molecule has 0 unspecified atom stereocenters. The highest BCUT2D eigenvalue weighted by Crippen LogP contribution is 2.19. The Labute approximate surface area is 305 Å². The van der Waals surface area contributed by atoms with Gasteiger partial charge in [-0.1, -0.05) is 48.5 Å². The molecule has 3 aromatic rings. The summed E-state index contributed by atoms with van der Waals surface area (Å²) in [5.41, 5.74) is 18.1. The average Bonchev–Trinajstić information content (AvgIpc) is 3.53. The van der Waals surface area contributed by atoms with Crippen LogP contribution in [0.3, 0.4) is 0 Å². The number of alkyl halides is 3. The molecule has 294 valence electrons. The number of aliphatic imine (C=N–C) groups is 1. The Hall–Kier alpha value is -6.22. The van der Waals surface area contributed by atoms with Gasteiger partial charge in [-0.25, -0.2) is 9.59 Å². The molecule has 0 spiro atoms. The molecule has 0 aliphatic heterocycles. The molecule has 0 fully saturated rings. The van der Waals surface area contributed by atoms with Crippen molar-refractivity contribution in [3.63, 3.8) is 0 Å². The number of carboxylic acid groups (broad SMARTS) is 2. The molecule has 0 radical (unpaired) electrons. The number of carbonyl (C=O) groups excluding carboxylic acids is 4. The van der Waals surface area contributed by atoms with E-state index in [1.807, 2.05) is 24.3 Å². The number of carboxylic acids is 2. The molecule has 0 saturated carbocycles. The van der Waals surface area contributed by atoms with Crippen molar-refractivity contribution in [1.82, 2.24) is 26.3 Å². The normalized spacial score (nSPS) is 13.1. The van der Waals surface area contributed by atoms with Gasteiger partial charge in [0.25, 0.3) is 0 Å². The van der Waals surface area contributed by atoms with E-state index in [1.165, 1.54) is 0 Å². The minimum absolute atomic E-state index is 0.00166. The highest BCUT2D eigenvalue weighted by molar-refractivity contribution is 5.96. The molecule has 2 aromatic carbocycles. The summed E-state index contributed by atoms with van der Waals surface area (Å²) >= 11 is 0. The molecule has 1 aromatic heterocycles. The van der Waals surface area contributed by atoms with Crippen LogP contribution in [0.25, 0.3) is 10.9 Å². The number of nitrogens with one attached hydrogen (secondary N) is 5. The fourth-order valence-electron chi connectivity index (χ4n) is 4.81. The number of rotatable bonds is 18. The van der Waals surface area contributed by atoms with Crippen molar-refractivity contribution < 1.29 is 57.3 Å². The van der Waals surface area contributed by atoms with Gasteiger partial charge in [0.1, 0.15) is 24.2 Å². The fraction of sp³-hybridized carbons (Fsp3) is 0.364. The third-order valence-electron chi connectivity index (χ3n) is 7.47. The molecular formula is C33H42F3N9O9. The van der Waals surface area contributed by atoms with Crippen molar-refractivity contribution in [2.75, 3.05) is 19.7 Å². The smallest absolute Gasteiger partial charge is 0.480 e. The maximum Gasteiger partial charge on any atom is 0.490 e. The summed E-state index contributed by atoms with van der Waals surface area (Å²) in [4.78, 5) is 80.2. The van der Waals surface area contributed by atoms with Crippen molar-refractivity contribution in [1.29, 1.82) is 0 Å². The number of benzene rings is 2. The number of carbonyl (C=O) groups is 6. The Morgan fingerprint density at radius 3 is 1.85 bits per heavy atom. The van der Waals surface area contributed by atoms with E-state index in [9.17, 15) is 47.4 Å². The van der Waals surface area contributed by atoms with Crippen LogP contribution >= 0.6 is 0 Å². The van der Waals surface area contributed by atoms with Gasteiger partial charge in [-0.2, -0.15) is 13.2 Å². The van der Waals surface area contributed by atoms with Crippen molar-refractivity contribution in [2.45, 2.75) is 56.0 Å². The largest absolute Gasteiger partial charge is 0.490 e. The van der Waals surface area contributed by atoms with Crippen molar-refractivity contribution in [3.8, 4) is 0 Å². The average molecular weight is 766 g/mol. The minimum atomic E-state index is -5.08. The SMILES string of the molecule is NCC(=O)N[C@@H](CO)C(=O)N[C@@H](Cc1c[nH]c2ccccc12)C(=O)N[C@@H](Cc1ccccc1)C(=O)N[C@@H](CCCN=C(N)N)C(=O)O.O=C(O)C(F)(F)F. The van der Waals surface area contributed by atoms with E-state index < -0.39 is 79.1 Å². The zero-order valence-corrected chi connectivity index (χ0v) is 28.6. The van der Waals surface area contributed by atoms with Crippen molar-refractivity contribution in [3.05, 3.63) is 71.9 Å². The molecule has 14 N–H and O–H groups in total. The molecule has 54 heavy (non-hydrogen) atoms. The Morgan fingerprint density at radius 2 is 1.31 bits per heavy atom. The summed E-state index contributed by atoms with van der Waals surface area (Å²) in [6.07, 6.45) is -3.16. The molecule has 1 heterocycles. The van der Waals surface area contributed by atoms with Crippen LogP contribution in [0, 0.1) is 0 Å². The van der Waals surface area contributed by atoms with Crippen LogP contribution in [0.5, 0.6) is 0 Å². The zero-order chi connectivity index (χ0) is 40.4. The van der Waals surface area contributed by atoms with Crippen LogP contribution in [0.2, 0.25) is 0 Å². The molecule has 4 amide bonds. The molecule has 4 atom stereocenters. The number of aromatic nitrogens is 1. The second-order valence-electron chi connectivity index (χ2n) is 11.5. The van der Waals surface area contributed by atoms with Crippen LogP contribution in [-0.4, -0.2) is 112 Å². The summed E-state index contributed by atoms with van der Waals surface area (Å²) in [5.74, 6) is -7.27. The second kappa shape index (κ2) is 21.3. The lowest BCUT2D eigenvalue weighted by molar-refractivity contribution is -0.192. The summed E-state index contributed by atoms with van der Waals surface area (Å²) in [7, 11) is 0. The summed E-state index contributed by atoms with van der Waals surface area (Å²) in [6, 6.07) is 10.8. The van der Waals surface area contributed by atoms with Gasteiger partial charge in [0.2, 0.25) is 23.6 Å². The molecule has 3 rings (SSSR count). The monoisotopic (exact) mass is 765 g/mol. The molecule has 21 heteroatoms. The van der Waals surface area contributed by atoms with E-state index in [-0.39, 0.29) is 38.2 Å². The maximum absolute atomic E-state index is 13.9. The first kappa shape index (κ1) is 43.9. The summed E-state index contributed by atoms with van der Waals surface area (Å²) < 4.78 is 31.7. The van der Waals surface area contributed by atoms with E-state index in [0.717, 1.165) is 10.9 Å². The Bertz CT molecular complexity index is 1770. The van der Waals surface area contributed by atoms with E-state index in [0.29, 0.717) is 11.1 Å². The zero-order valence-electron chi connectivity index (χ0n) is 28.6. The number of hydrogen-bond donors (Lipinski definition) is 11. The summed E-state index contributed by atoms with van der Waals surface area (Å²) in [6.45, 7) is -1.04. The van der Waals surface area contributed by atoms with Crippen molar-refractivity contribution >= 4 is 52.4 Å². The number of amides is 4. The molecule has 0 aliphatic carbocycles. The number of aliphatic carboxylic acids is 2. The van der Waals surface area contributed by atoms with E-state index in [1.54, 1.807) is 36.5 Å². The van der Waals surface area contributed by atoms with Crippen LogP contribution in [0.4, 0.5) is 13.2 Å². The second-order valence-corrected chi connectivity index (χ2v) is 11.5. The van der Waals surface area contributed by atoms with Gasteiger partial charge >= 0.3 is 18.1 Å². The predicted octanol–water partition coefficient (Wildman–Crippen LogP) is -1.39. The number of nitrogens with two attached hydrogens (primary N) is 3. The van der Waals surface area contributed by atoms with E-state index in [4.69, 9.17) is 27.1 Å². The third-order valence-corrected chi connectivity index (χ3v) is 7.47. The standard InChI is InChI=1S/C31H41N9O7.C2HF3O2/c32-15-26(42)37-25(17-41)29(45)40-24(14-19-16-36-21-10-5-4-9-20(19)21)28(44)39-23(13-18-7-2-1-3-8-18)27(43)38-22(30(46)47)11-6-12-35-31(33)34;3-2(4,5)1(6)7/h1-5,7-10,16,22-25,36,41H,6,11-15,17,32H2,(H,37,42)(H,38,43)(H,39,44)(H,40,45)(H,46,47)(H4,33,34,35);(H,6,7)/t22-,23-,24-,25-;/m0./s1. The first-order chi connectivity index (χ1) is 25.5. The van der Waals surface area contributed by atoms with E-state index >= 15 is 0 Å². The quantitative estimate of drug-likeness (QED) is 0.0406. The lowest BCUT2D eigenvalue weighted by Crippen LogP contribution is -2.59. The fourth-order valence-corrected chi connectivity index (χ4v) is 4.81. The first-order valence-electron chi connectivity index (χ1n) is 16.1. The number of halogens is 3. The Balaban J connectivity index is 0.00000131. The number of fused-ring (bicyclic) bond motifs is 1. The third kappa shape index (κ3) is 14.8. The molecule has 0 bridgehead atoms. The van der Waals surface area contributed by atoms with Crippen LogP contribution < -0.4 is 38.5 Å². The molecule has 0 aliphatic rings. The molecular weight excluding hydrogens is 723 g/mol. The number of aliphatic hydroxyl groups excluding tert-OH is 1. The lowest BCUT2D eigenvalue weighted by atomic mass is 10.0. The minimum Gasteiger partial charge on any atom is -0.480 e. The highest BCUT2D eigenvalue weighted by atomic mass is 19.4. The number of nitrogens with zero attached hydrogens (tertiary/aromatic N) is 1. The maximum atomic E-state index is 13.9. The van der Waals surface area contributed by atoms with Gasteiger partial charge in [0.05, 0.1) is 13.2 Å². The van der Waals surface area contributed by atoms with E-state index in [2.05, 4.69) is 31.2 Å². The molecule has 18 nitrogen and oxygen atoms in total. The predicted molar refractivity (Wildman–Crippen MR) is 187 cm³/mol.